The summed E-state index contributed by atoms with van der Waals surface area (Å²) >= 11 is 5.78. The molecule has 0 bridgehead atoms. The standard InChI is InChI=1S/C11H12ClFO.Na/c12-7-8-3-4-9(13)6-10(8)11-2-1-5-14-11;/h3-4,6,11H,1-2,5,7H2;. The summed E-state index contributed by atoms with van der Waals surface area (Å²) in [6, 6.07) is 4.71. The zero-order valence-corrected chi connectivity index (χ0v) is 11.6. The van der Waals surface area contributed by atoms with Gasteiger partial charge in [0.15, 0.2) is 0 Å². The first-order chi connectivity index (χ1) is 6.81. The van der Waals surface area contributed by atoms with Crippen LogP contribution in [-0.4, -0.2) is 36.2 Å². The van der Waals surface area contributed by atoms with Gasteiger partial charge in [0.05, 0.1) is 6.10 Å². The number of rotatable bonds is 2. The molecule has 1 saturated heterocycles. The Balaban J connectivity index is 0.00000112. The summed E-state index contributed by atoms with van der Waals surface area (Å²) in [4.78, 5) is 0. The van der Waals surface area contributed by atoms with E-state index in [2.05, 4.69) is 0 Å². The molecule has 0 spiro atoms. The van der Waals surface area contributed by atoms with Gasteiger partial charge in [0.2, 0.25) is 0 Å². The van der Waals surface area contributed by atoms with Crippen LogP contribution in [0.2, 0.25) is 0 Å². The third-order valence-corrected chi connectivity index (χ3v) is 2.82. The minimum atomic E-state index is -0.218. The molecule has 0 amide bonds. The van der Waals surface area contributed by atoms with Crippen molar-refractivity contribution in [3.63, 3.8) is 0 Å². The second-order valence-corrected chi connectivity index (χ2v) is 3.75. The Kier molecular flexibility index (Phi) is 5.58. The van der Waals surface area contributed by atoms with Crippen molar-refractivity contribution in [2.75, 3.05) is 6.61 Å². The van der Waals surface area contributed by atoms with Crippen LogP contribution in [0.25, 0.3) is 0 Å². The fourth-order valence-electron chi connectivity index (χ4n) is 1.81. The molecule has 0 N–H and O–H groups in total. The number of benzene rings is 1. The minimum Gasteiger partial charge on any atom is -0.374 e. The van der Waals surface area contributed by atoms with Crippen LogP contribution in [0.4, 0.5) is 4.39 Å². The molecule has 1 heterocycles. The van der Waals surface area contributed by atoms with Crippen LogP contribution in [0.15, 0.2) is 18.2 Å². The molecule has 0 aromatic heterocycles. The van der Waals surface area contributed by atoms with Crippen molar-refractivity contribution in [1.82, 2.24) is 0 Å². The van der Waals surface area contributed by atoms with Crippen molar-refractivity contribution >= 4 is 41.2 Å². The first-order valence-electron chi connectivity index (χ1n) is 4.77. The zero-order chi connectivity index (χ0) is 9.97. The monoisotopic (exact) mass is 237 g/mol. The van der Waals surface area contributed by atoms with Gasteiger partial charge in [0.25, 0.3) is 0 Å². The van der Waals surface area contributed by atoms with Gasteiger partial charge in [-0.05, 0) is 36.1 Å². The fourth-order valence-corrected chi connectivity index (χ4v) is 2.05. The molecule has 0 saturated carbocycles. The van der Waals surface area contributed by atoms with Crippen molar-refractivity contribution in [3.05, 3.63) is 35.1 Å². The first-order valence-corrected chi connectivity index (χ1v) is 5.30. The number of alkyl halides is 1. The average molecular weight is 238 g/mol. The van der Waals surface area contributed by atoms with E-state index in [1.165, 1.54) is 12.1 Å². The predicted octanol–water partition coefficient (Wildman–Crippen LogP) is 3.04. The molecule has 2 rings (SSSR count). The molecule has 1 aliphatic rings. The van der Waals surface area contributed by atoms with Crippen LogP contribution in [0.3, 0.4) is 0 Å². The fraction of sp³-hybridized carbons (Fsp3) is 0.455. The van der Waals surface area contributed by atoms with Crippen LogP contribution >= 0.6 is 11.6 Å². The van der Waals surface area contributed by atoms with E-state index in [1.54, 1.807) is 6.07 Å². The molecule has 77 valence electrons. The molecule has 1 nitrogen and oxygen atoms in total. The van der Waals surface area contributed by atoms with Gasteiger partial charge in [-0.15, -0.1) is 11.6 Å². The Morgan fingerprint density at radius 2 is 2.27 bits per heavy atom. The largest absolute Gasteiger partial charge is 0.374 e. The van der Waals surface area contributed by atoms with E-state index in [9.17, 15) is 4.39 Å². The zero-order valence-electron chi connectivity index (χ0n) is 8.80. The quantitative estimate of drug-likeness (QED) is 0.568. The SMILES string of the molecule is Fc1ccc(CCl)c(C2CCCO2)c1.[Na]. The van der Waals surface area contributed by atoms with Crippen LogP contribution in [0.5, 0.6) is 0 Å². The summed E-state index contributed by atoms with van der Waals surface area (Å²) < 4.78 is 18.5. The maximum Gasteiger partial charge on any atom is 0.123 e. The Hall–Kier alpha value is 0.400. The topological polar surface area (TPSA) is 9.23 Å². The molecule has 1 atom stereocenters. The Bertz CT molecular complexity index is 326. The predicted molar refractivity (Wildman–Crippen MR) is 59.6 cm³/mol. The maximum atomic E-state index is 13.0. The van der Waals surface area contributed by atoms with Gasteiger partial charge in [-0.2, -0.15) is 0 Å². The molecule has 1 unspecified atom stereocenters. The van der Waals surface area contributed by atoms with E-state index in [0.29, 0.717) is 5.88 Å². The summed E-state index contributed by atoms with van der Waals surface area (Å²) in [6.07, 6.45) is 2.05. The number of hydrogen-bond acceptors (Lipinski definition) is 1. The van der Waals surface area contributed by atoms with Gasteiger partial charge in [-0.25, -0.2) is 4.39 Å². The molecule has 0 aliphatic carbocycles. The van der Waals surface area contributed by atoms with Crippen molar-refractivity contribution in [2.24, 2.45) is 0 Å². The average Bonchev–Trinajstić information content (AvgIpc) is 2.70. The van der Waals surface area contributed by atoms with Gasteiger partial charge in [0.1, 0.15) is 5.82 Å². The molecular formula is C11H12ClFNaO. The summed E-state index contributed by atoms with van der Waals surface area (Å²) in [5.74, 6) is 0.194. The van der Waals surface area contributed by atoms with E-state index in [0.717, 1.165) is 30.6 Å². The summed E-state index contributed by atoms with van der Waals surface area (Å²) in [6.45, 7) is 0.767. The van der Waals surface area contributed by atoms with Crippen molar-refractivity contribution < 1.29 is 9.13 Å². The number of ether oxygens (including phenoxy) is 1. The molecular weight excluding hydrogens is 226 g/mol. The number of hydrogen-bond donors (Lipinski definition) is 0. The second kappa shape index (κ2) is 6.21. The molecule has 1 aliphatic heterocycles. The van der Waals surface area contributed by atoms with E-state index in [-0.39, 0.29) is 41.5 Å². The molecule has 1 radical (unpaired) electrons. The van der Waals surface area contributed by atoms with Gasteiger partial charge < -0.3 is 4.74 Å². The summed E-state index contributed by atoms with van der Waals surface area (Å²) in [7, 11) is 0. The molecule has 4 heteroatoms. The van der Waals surface area contributed by atoms with Crippen LogP contribution < -0.4 is 0 Å². The van der Waals surface area contributed by atoms with E-state index < -0.39 is 0 Å². The Labute approximate surface area is 116 Å². The van der Waals surface area contributed by atoms with E-state index in [1.807, 2.05) is 0 Å². The summed E-state index contributed by atoms with van der Waals surface area (Å²) in [5, 5.41) is 0. The maximum absolute atomic E-state index is 13.0. The van der Waals surface area contributed by atoms with Gasteiger partial charge in [0, 0.05) is 42.0 Å². The van der Waals surface area contributed by atoms with Crippen molar-refractivity contribution in [2.45, 2.75) is 24.8 Å². The third kappa shape index (κ3) is 3.18. The molecule has 15 heavy (non-hydrogen) atoms. The van der Waals surface area contributed by atoms with Gasteiger partial charge in [-0.3, -0.25) is 0 Å². The first kappa shape index (κ1) is 13.5. The molecule has 1 aromatic carbocycles. The molecule has 1 aromatic rings. The summed E-state index contributed by atoms with van der Waals surface area (Å²) in [5.41, 5.74) is 1.89. The minimum absolute atomic E-state index is 0. The van der Waals surface area contributed by atoms with Crippen molar-refractivity contribution in [3.8, 4) is 0 Å². The van der Waals surface area contributed by atoms with E-state index >= 15 is 0 Å². The van der Waals surface area contributed by atoms with Gasteiger partial charge >= 0.3 is 0 Å². The van der Waals surface area contributed by atoms with Gasteiger partial charge in [-0.1, -0.05) is 6.07 Å². The van der Waals surface area contributed by atoms with E-state index in [4.69, 9.17) is 16.3 Å². The van der Waals surface area contributed by atoms with Crippen LogP contribution in [0.1, 0.15) is 30.1 Å². The Morgan fingerprint density at radius 1 is 1.47 bits per heavy atom. The van der Waals surface area contributed by atoms with Crippen molar-refractivity contribution in [1.29, 1.82) is 0 Å². The normalized spacial score (nSPS) is 20.0. The second-order valence-electron chi connectivity index (χ2n) is 3.48. The molecule has 1 fully saturated rings. The Morgan fingerprint density at radius 3 is 2.87 bits per heavy atom. The smallest absolute Gasteiger partial charge is 0.123 e. The third-order valence-electron chi connectivity index (χ3n) is 2.53. The van der Waals surface area contributed by atoms with Crippen LogP contribution in [0, 0.1) is 5.82 Å². The number of halogens is 2. The van der Waals surface area contributed by atoms with Crippen LogP contribution in [-0.2, 0) is 10.6 Å².